The maximum Gasteiger partial charge on any atom is 0.231 e. The van der Waals surface area contributed by atoms with E-state index in [0.29, 0.717) is 5.92 Å². The van der Waals surface area contributed by atoms with Gasteiger partial charge in [-0.3, -0.25) is 4.79 Å². The Balaban J connectivity index is 1.84. The first-order valence-electron chi connectivity index (χ1n) is 7.17. The molecule has 3 fully saturated rings. The minimum atomic E-state index is -0.467. The smallest absolute Gasteiger partial charge is 0.231 e. The molecule has 1 saturated heterocycles. The van der Waals surface area contributed by atoms with Crippen LogP contribution in [0.1, 0.15) is 33.1 Å². The van der Waals surface area contributed by atoms with Crippen LogP contribution < -0.4 is 5.32 Å². The minimum absolute atomic E-state index is 0.0953. The summed E-state index contributed by atoms with van der Waals surface area (Å²) in [4.78, 5) is 14.8. The molecular formula is C14H24N2O2. The lowest BCUT2D eigenvalue weighted by Crippen LogP contribution is -2.55. The number of hydrogen-bond acceptors (Lipinski definition) is 3. The Morgan fingerprint density at radius 2 is 2.00 bits per heavy atom. The van der Waals surface area contributed by atoms with Gasteiger partial charge in [-0.1, -0.05) is 13.8 Å². The molecule has 4 heteroatoms. The predicted octanol–water partition coefficient (Wildman–Crippen LogP) is 0.605. The van der Waals surface area contributed by atoms with Gasteiger partial charge in [0.25, 0.3) is 0 Å². The number of amides is 1. The normalized spacial score (nSPS) is 42.3. The minimum Gasteiger partial charge on any atom is -0.391 e. The van der Waals surface area contributed by atoms with Crippen LogP contribution in [-0.4, -0.2) is 48.2 Å². The highest BCUT2D eigenvalue weighted by molar-refractivity contribution is 5.84. The summed E-state index contributed by atoms with van der Waals surface area (Å²) in [6.45, 7) is 7.58. The number of piperazine rings is 1. The van der Waals surface area contributed by atoms with Crippen molar-refractivity contribution in [1.82, 2.24) is 10.2 Å². The number of carbonyl (C=O) groups excluding carboxylic acids is 1. The van der Waals surface area contributed by atoms with E-state index in [4.69, 9.17) is 0 Å². The van der Waals surface area contributed by atoms with Crippen molar-refractivity contribution in [2.75, 3.05) is 26.2 Å². The first-order chi connectivity index (χ1) is 8.48. The van der Waals surface area contributed by atoms with Crippen molar-refractivity contribution >= 4 is 5.91 Å². The standard InChI is InChI=1S/C14H24N2O2/c1-13(2)10-3-4-14(9-10,11(13)17)12(18)16-7-5-15-6-8-16/h10-11,15,17H,3-9H2,1-2H3/t10-,11-,14+/m0/s1. The van der Waals surface area contributed by atoms with E-state index in [1.807, 2.05) is 4.90 Å². The molecule has 0 unspecified atom stereocenters. The fourth-order valence-electron chi connectivity index (χ4n) is 4.39. The molecule has 0 aromatic rings. The van der Waals surface area contributed by atoms with E-state index in [0.717, 1.165) is 45.4 Å². The van der Waals surface area contributed by atoms with Crippen molar-refractivity contribution in [3.8, 4) is 0 Å². The third kappa shape index (κ3) is 1.48. The highest BCUT2D eigenvalue weighted by Crippen LogP contribution is 2.63. The number of hydrogen-bond donors (Lipinski definition) is 2. The summed E-state index contributed by atoms with van der Waals surface area (Å²) in [7, 11) is 0. The molecule has 0 spiro atoms. The molecule has 3 rings (SSSR count). The molecule has 2 N–H and O–H groups in total. The van der Waals surface area contributed by atoms with E-state index in [2.05, 4.69) is 19.2 Å². The molecule has 1 heterocycles. The predicted molar refractivity (Wildman–Crippen MR) is 69.0 cm³/mol. The lowest BCUT2D eigenvalue weighted by atomic mass is 9.69. The summed E-state index contributed by atoms with van der Waals surface area (Å²) in [5.41, 5.74) is -0.562. The summed E-state index contributed by atoms with van der Waals surface area (Å²) in [6.07, 6.45) is 2.41. The third-order valence-corrected chi connectivity index (χ3v) is 5.66. The average molecular weight is 252 g/mol. The van der Waals surface area contributed by atoms with Crippen LogP contribution in [0.2, 0.25) is 0 Å². The van der Waals surface area contributed by atoms with Gasteiger partial charge in [0.1, 0.15) is 0 Å². The van der Waals surface area contributed by atoms with Crippen molar-refractivity contribution in [3.63, 3.8) is 0 Å². The van der Waals surface area contributed by atoms with Gasteiger partial charge >= 0.3 is 0 Å². The van der Waals surface area contributed by atoms with Crippen LogP contribution in [0.25, 0.3) is 0 Å². The average Bonchev–Trinajstić information content (AvgIpc) is 2.90. The van der Waals surface area contributed by atoms with E-state index in [1.54, 1.807) is 0 Å². The van der Waals surface area contributed by atoms with Gasteiger partial charge in [0, 0.05) is 26.2 Å². The van der Waals surface area contributed by atoms with Crippen LogP contribution in [0.5, 0.6) is 0 Å². The van der Waals surface area contributed by atoms with Gasteiger partial charge in [0.15, 0.2) is 0 Å². The Bertz CT molecular complexity index is 363. The number of carbonyl (C=O) groups is 1. The van der Waals surface area contributed by atoms with Gasteiger partial charge in [0.05, 0.1) is 11.5 Å². The Kier molecular flexibility index (Phi) is 2.72. The van der Waals surface area contributed by atoms with Gasteiger partial charge in [0.2, 0.25) is 5.91 Å². The highest BCUT2D eigenvalue weighted by atomic mass is 16.3. The zero-order chi connectivity index (χ0) is 13.0. The maximum atomic E-state index is 12.8. The Hall–Kier alpha value is -0.610. The lowest BCUT2D eigenvalue weighted by molar-refractivity contribution is -0.152. The Morgan fingerprint density at radius 3 is 2.56 bits per heavy atom. The van der Waals surface area contributed by atoms with Crippen LogP contribution >= 0.6 is 0 Å². The van der Waals surface area contributed by atoms with Crippen molar-refractivity contribution in [1.29, 1.82) is 0 Å². The highest BCUT2D eigenvalue weighted by Gasteiger charge is 2.65. The molecule has 4 nitrogen and oxygen atoms in total. The molecule has 3 atom stereocenters. The SMILES string of the molecule is CC1(C)[C@H]2CC[C@@](C(=O)N3CCNCC3)(C2)[C@H]1O. The second-order valence-corrected chi connectivity index (χ2v) is 6.86. The Labute approximate surface area is 109 Å². The molecule has 0 radical (unpaired) electrons. The first-order valence-corrected chi connectivity index (χ1v) is 7.17. The second-order valence-electron chi connectivity index (χ2n) is 6.86. The van der Waals surface area contributed by atoms with E-state index in [1.165, 1.54) is 0 Å². The molecule has 1 aliphatic heterocycles. The third-order valence-electron chi connectivity index (χ3n) is 5.66. The van der Waals surface area contributed by atoms with Crippen molar-refractivity contribution in [2.24, 2.45) is 16.7 Å². The molecule has 1 amide bonds. The topological polar surface area (TPSA) is 52.6 Å². The van der Waals surface area contributed by atoms with Gasteiger partial charge < -0.3 is 15.3 Å². The molecule has 3 aliphatic rings. The monoisotopic (exact) mass is 252 g/mol. The number of aliphatic hydroxyl groups excluding tert-OH is 1. The van der Waals surface area contributed by atoms with Crippen LogP contribution in [0.3, 0.4) is 0 Å². The molecule has 102 valence electrons. The number of nitrogens with zero attached hydrogens (tertiary/aromatic N) is 1. The van der Waals surface area contributed by atoms with Crippen molar-refractivity contribution in [2.45, 2.75) is 39.2 Å². The number of fused-ring (bicyclic) bond motifs is 2. The molecular weight excluding hydrogens is 228 g/mol. The maximum absolute atomic E-state index is 12.8. The van der Waals surface area contributed by atoms with Crippen LogP contribution in [0.15, 0.2) is 0 Å². The summed E-state index contributed by atoms with van der Waals surface area (Å²) in [5.74, 6) is 0.726. The molecule has 0 aromatic carbocycles. The van der Waals surface area contributed by atoms with E-state index in [-0.39, 0.29) is 11.3 Å². The summed E-state index contributed by atoms with van der Waals surface area (Å²) >= 11 is 0. The van der Waals surface area contributed by atoms with Gasteiger partial charge in [-0.25, -0.2) is 0 Å². The van der Waals surface area contributed by atoms with Crippen LogP contribution in [0.4, 0.5) is 0 Å². The van der Waals surface area contributed by atoms with E-state index < -0.39 is 11.5 Å². The van der Waals surface area contributed by atoms with E-state index in [9.17, 15) is 9.90 Å². The summed E-state index contributed by atoms with van der Waals surface area (Å²) in [5, 5.41) is 13.9. The molecule has 2 bridgehead atoms. The largest absolute Gasteiger partial charge is 0.391 e. The van der Waals surface area contributed by atoms with Crippen LogP contribution in [0, 0.1) is 16.7 Å². The van der Waals surface area contributed by atoms with Gasteiger partial charge in [-0.15, -0.1) is 0 Å². The second kappa shape index (κ2) is 3.94. The van der Waals surface area contributed by atoms with Crippen LogP contribution in [-0.2, 0) is 4.79 Å². The lowest BCUT2D eigenvalue weighted by Gasteiger charge is -2.42. The number of aliphatic hydroxyl groups is 1. The Morgan fingerprint density at radius 1 is 1.33 bits per heavy atom. The molecule has 18 heavy (non-hydrogen) atoms. The zero-order valence-electron chi connectivity index (χ0n) is 11.4. The van der Waals surface area contributed by atoms with E-state index >= 15 is 0 Å². The fourth-order valence-corrected chi connectivity index (χ4v) is 4.39. The number of rotatable bonds is 1. The zero-order valence-corrected chi connectivity index (χ0v) is 11.4. The first kappa shape index (κ1) is 12.4. The quantitative estimate of drug-likeness (QED) is 0.719. The van der Waals surface area contributed by atoms with Crippen molar-refractivity contribution in [3.05, 3.63) is 0 Å². The molecule has 0 aromatic heterocycles. The number of nitrogens with one attached hydrogen (secondary N) is 1. The summed E-state index contributed by atoms with van der Waals surface area (Å²) in [6, 6.07) is 0. The fraction of sp³-hybridized carbons (Fsp3) is 0.929. The van der Waals surface area contributed by atoms with Gasteiger partial charge in [-0.05, 0) is 30.6 Å². The molecule has 2 saturated carbocycles. The molecule has 2 aliphatic carbocycles. The van der Waals surface area contributed by atoms with Crippen molar-refractivity contribution < 1.29 is 9.90 Å². The summed E-state index contributed by atoms with van der Waals surface area (Å²) < 4.78 is 0. The van der Waals surface area contributed by atoms with Gasteiger partial charge in [-0.2, -0.15) is 0 Å².